The maximum Gasteiger partial charge on any atom is 0.275 e. The van der Waals surface area contributed by atoms with E-state index in [0.717, 1.165) is 5.56 Å². The lowest BCUT2D eigenvalue weighted by Gasteiger charge is -2.11. The number of benzene rings is 3. The highest BCUT2D eigenvalue weighted by atomic mass is 16.5. The van der Waals surface area contributed by atoms with Gasteiger partial charge in [0.1, 0.15) is 12.4 Å². The molecule has 0 aliphatic rings. The van der Waals surface area contributed by atoms with Crippen molar-refractivity contribution < 1.29 is 14.3 Å². The summed E-state index contributed by atoms with van der Waals surface area (Å²) in [7, 11) is 0. The van der Waals surface area contributed by atoms with Crippen molar-refractivity contribution in [3.8, 4) is 5.75 Å². The van der Waals surface area contributed by atoms with Crippen LogP contribution in [0.4, 0.5) is 0 Å². The van der Waals surface area contributed by atoms with Crippen LogP contribution in [0.2, 0.25) is 0 Å². The van der Waals surface area contributed by atoms with Gasteiger partial charge in [-0.15, -0.1) is 0 Å². The standard InChI is InChI=1S/C25H25N3O3/c1-2-21(17-26-24(29)20-13-7-4-8-14-20)27-28-25(30)22-15-9-10-16-23(22)31-18-19-11-5-3-6-12-19/h3-16H,2,17-18H2,1H3,(H,26,29)(H,28,30)/b27-21-. The average Bonchev–Trinajstić information content (AvgIpc) is 2.84. The Hall–Kier alpha value is -3.93. The molecule has 2 amide bonds. The number of hydrazone groups is 1. The van der Waals surface area contributed by atoms with E-state index in [2.05, 4.69) is 15.8 Å². The number of hydrogen-bond acceptors (Lipinski definition) is 4. The van der Waals surface area contributed by atoms with E-state index in [0.29, 0.717) is 35.6 Å². The lowest BCUT2D eigenvalue weighted by atomic mass is 10.2. The van der Waals surface area contributed by atoms with Crippen LogP contribution in [0, 0.1) is 0 Å². The molecule has 0 bridgehead atoms. The van der Waals surface area contributed by atoms with Gasteiger partial charge in [-0.2, -0.15) is 5.10 Å². The Labute approximate surface area is 182 Å². The van der Waals surface area contributed by atoms with Crippen LogP contribution in [0.25, 0.3) is 0 Å². The number of carbonyl (C=O) groups is 2. The quantitative estimate of drug-likeness (QED) is 0.406. The van der Waals surface area contributed by atoms with Crippen molar-refractivity contribution in [1.82, 2.24) is 10.7 Å². The minimum absolute atomic E-state index is 0.187. The van der Waals surface area contributed by atoms with Crippen LogP contribution in [0.5, 0.6) is 5.75 Å². The highest BCUT2D eigenvalue weighted by Crippen LogP contribution is 2.19. The first kappa shape index (κ1) is 21.8. The summed E-state index contributed by atoms with van der Waals surface area (Å²) in [5, 5.41) is 7.01. The molecule has 0 fully saturated rings. The second-order valence-electron chi connectivity index (χ2n) is 6.79. The molecule has 3 aromatic carbocycles. The van der Waals surface area contributed by atoms with Crippen LogP contribution in [0.3, 0.4) is 0 Å². The number of carbonyl (C=O) groups excluding carboxylic acids is 2. The number of nitrogens with zero attached hydrogens (tertiary/aromatic N) is 1. The molecule has 158 valence electrons. The fourth-order valence-corrected chi connectivity index (χ4v) is 2.82. The molecule has 0 saturated heterocycles. The minimum Gasteiger partial charge on any atom is -0.488 e. The second-order valence-corrected chi connectivity index (χ2v) is 6.79. The molecule has 0 spiro atoms. The summed E-state index contributed by atoms with van der Waals surface area (Å²) < 4.78 is 5.84. The first-order valence-electron chi connectivity index (χ1n) is 10.1. The summed E-state index contributed by atoms with van der Waals surface area (Å²) in [6, 6.07) is 25.7. The summed E-state index contributed by atoms with van der Waals surface area (Å²) >= 11 is 0. The Morgan fingerprint density at radius 2 is 1.48 bits per heavy atom. The van der Waals surface area contributed by atoms with Crippen molar-refractivity contribution in [2.75, 3.05) is 6.54 Å². The van der Waals surface area contributed by atoms with E-state index in [-0.39, 0.29) is 18.4 Å². The van der Waals surface area contributed by atoms with Gasteiger partial charge in [-0.25, -0.2) is 5.43 Å². The van der Waals surface area contributed by atoms with E-state index >= 15 is 0 Å². The van der Waals surface area contributed by atoms with Gasteiger partial charge in [0.05, 0.1) is 17.8 Å². The summed E-state index contributed by atoms with van der Waals surface area (Å²) in [5.74, 6) is -0.0776. The van der Waals surface area contributed by atoms with Gasteiger partial charge in [0, 0.05) is 5.56 Å². The molecule has 0 aliphatic heterocycles. The van der Waals surface area contributed by atoms with E-state index in [1.54, 1.807) is 42.5 Å². The van der Waals surface area contributed by atoms with E-state index in [9.17, 15) is 9.59 Å². The fraction of sp³-hybridized carbons (Fsp3) is 0.160. The monoisotopic (exact) mass is 415 g/mol. The minimum atomic E-state index is -0.371. The molecule has 0 heterocycles. The normalized spacial score (nSPS) is 10.9. The van der Waals surface area contributed by atoms with Crippen molar-refractivity contribution in [2.24, 2.45) is 5.10 Å². The summed E-state index contributed by atoms with van der Waals surface area (Å²) in [4.78, 5) is 24.9. The lowest BCUT2D eigenvalue weighted by Crippen LogP contribution is -2.31. The first-order chi connectivity index (χ1) is 15.2. The number of amides is 2. The third kappa shape index (κ3) is 6.54. The van der Waals surface area contributed by atoms with Gasteiger partial charge in [-0.1, -0.05) is 67.6 Å². The van der Waals surface area contributed by atoms with Crippen LogP contribution in [-0.4, -0.2) is 24.1 Å². The van der Waals surface area contributed by atoms with Crippen molar-refractivity contribution in [3.63, 3.8) is 0 Å². The molecule has 0 atom stereocenters. The van der Waals surface area contributed by atoms with E-state index in [4.69, 9.17) is 4.74 Å². The van der Waals surface area contributed by atoms with Crippen LogP contribution in [0.15, 0.2) is 90.0 Å². The van der Waals surface area contributed by atoms with Gasteiger partial charge in [0.25, 0.3) is 11.8 Å². The smallest absolute Gasteiger partial charge is 0.275 e. The predicted molar refractivity (Wildman–Crippen MR) is 121 cm³/mol. The first-order valence-corrected chi connectivity index (χ1v) is 10.1. The molecule has 2 N–H and O–H groups in total. The van der Waals surface area contributed by atoms with Gasteiger partial charge in [-0.05, 0) is 36.2 Å². The Balaban J connectivity index is 1.59. The molecule has 0 aliphatic carbocycles. The predicted octanol–water partition coefficient (Wildman–Crippen LogP) is 4.19. The Morgan fingerprint density at radius 3 is 2.19 bits per heavy atom. The van der Waals surface area contributed by atoms with Crippen molar-refractivity contribution in [2.45, 2.75) is 20.0 Å². The molecule has 31 heavy (non-hydrogen) atoms. The summed E-state index contributed by atoms with van der Waals surface area (Å²) in [6.07, 6.45) is 0.585. The van der Waals surface area contributed by atoms with Crippen LogP contribution in [0.1, 0.15) is 39.6 Å². The number of hydrogen-bond donors (Lipinski definition) is 2. The maximum absolute atomic E-state index is 12.7. The van der Waals surface area contributed by atoms with Gasteiger partial charge in [0.2, 0.25) is 0 Å². The number of para-hydroxylation sites is 1. The van der Waals surface area contributed by atoms with Crippen molar-refractivity contribution >= 4 is 17.5 Å². The number of nitrogens with one attached hydrogen (secondary N) is 2. The molecule has 6 nitrogen and oxygen atoms in total. The molecule has 3 rings (SSSR count). The molecule has 0 radical (unpaired) electrons. The van der Waals surface area contributed by atoms with Gasteiger partial charge in [0.15, 0.2) is 0 Å². The van der Waals surface area contributed by atoms with Gasteiger partial charge >= 0.3 is 0 Å². The van der Waals surface area contributed by atoms with Gasteiger partial charge in [-0.3, -0.25) is 9.59 Å². The zero-order chi connectivity index (χ0) is 21.9. The van der Waals surface area contributed by atoms with Crippen molar-refractivity contribution in [1.29, 1.82) is 0 Å². The molecule has 0 saturated carbocycles. The highest BCUT2D eigenvalue weighted by Gasteiger charge is 2.12. The Bertz CT molecular complexity index is 1030. The lowest BCUT2D eigenvalue weighted by molar-refractivity contribution is 0.0948. The molecular formula is C25H25N3O3. The molecule has 0 unspecified atom stereocenters. The van der Waals surface area contributed by atoms with Crippen LogP contribution in [-0.2, 0) is 6.61 Å². The highest BCUT2D eigenvalue weighted by molar-refractivity contribution is 5.99. The summed E-state index contributed by atoms with van der Waals surface area (Å²) in [6.45, 7) is 2.52. The van der Waals surface area contributed by atoms with Crippen LogP contribution < -0.4 is 15.5 Å². The van der Waals surface area contributed by atoms with Gasteiger partial charge < -0.3 is 10.1 Å². The van der Waals surface area contributed by atoms with E-state index < -0.39 is 0 Å². The largest absolute Gasteiger partial charge is 0.488 e. The molecule has 3 aromatic rings. The zero-order valence-electron chi connectivity index (χ0n) is 17.4. The molecular weight excluding hydrogens is 390 g/mol. The second kappa shape index (κ2) is 11.3. The maximum atomic E-state index is 12.7. The topological polar surface area (TPSA) is 79.8 Å². The summed E-state index contributed by atoms with van der Waals surface area (Å²) in [5.41, 5.74) is 5.20. The molecule has 0 aromatic heterocycles. The Morgan fingerprint density at radius 1 is 0.839 bits per heavy atom. The van der Waals surface area contributed by atoms with Crippen molar-refractivity contribution in [3.05, 3.63) is 102 Å². The number of rotatable bonds is 9. The fourth-order valence-electron chi connectivity index (χ4n) is 2.82. The SMILES string of the molecule is CC/C(CNC(=O)c1ccccc1)=N/NC(=O)c1ccccc1OCc1ccccc1. The van der Waals surface area contributed by atoms with Crippen LogP contribution >= 0.6 is 0 Å². The molecule has 6 heteroatoms. The Kier molecular flexibility index (Phi) is 7.94. The third-order valence-electron chi connectivity index (χ3n) is 4.58. The van der Waals surface area contributed by atoms with E-state index in [1.165, 1.54) is 0 Å². The zero-order valence-corrected chi connectivity index (χ0v) is 17.4. The van der Waals surface area contributed by atoms with E-state index in [1.807, 2.05) is 49.4 Å². The third-order valence-corrected chi connectivity index (χ3v) is 4.58. The average molecular weight is 415 g/mol. The number of ether oxygens (including phenoxy) is 1.